The number of rotatable bonds is 49. The average Bonchev–Trinajstić information content (AvgIpc) is 3.39. The van der Waals surface area contributed by atoms with Crippen molar-refractivity contribution in [3.8, 4) is 0 Å². The summed E-state index contributed by atoms with van der Waals surface area (Å²) in [6.07, 6.45) is 52.3. The van der Waals surface area contributed by atoms with Gasteiger partial charge in [0.05, 0.1) is 25.4 Å². The Morgan fingerprint density at radius 2 is 0.986 bits per heavy atom. The number of aliphatic hydroxyl groups excluding tert-OH is 5. The molecule has 11 nitrogen and oxygen atoms in total. The van der Waals surface area contributed by atoms with E-state index in [1.165, 1.54) is 103 Å². The molecule has 1 aliphatic rings. The maximum atomic E-state index is 13.4. The van der Waals surface area contributed by atoms with Gasteiger partial charge in [-0.3, -0.25) is 9.59 Å². The molecule has 11 heteroatoms. The molecule has 0 bridgehead atoms. The van der Waals surface area contributed by atoms with Crippen molar-refractivity contribution in [2.24, 2.45) is 0 Å². The van der Waals surface area contributed by atoms with Crippen molar-refractivity contribution in [1.82, 2.24) is 5.32 Å². The molecule has 0 aliphatic carbocycles. The number of nitrogens with one attached hydrogen (secondary N) is 1. The Hall–Kier alpha value is -2.90. The smallest absolute Gasteiger partial charge is 0.306 e. The van der Waals surface area contributed by atoms with Gasteiger partial charge in [-0.05, 0) is 89.9 Å². The Labute approximate surface area is 445 Å². The highest BCUT2D eigenvalue weighted by Gasteiger charge is 2.47. The third-order valence-corrected chi connectivity index (χ3v) is 13.6. The van der Waals surface area contributed by atoms with Crippen LogP contribution in [0.1, 0.15) is 245 Å². The van der Waals surface area contributed by atoms with Crippen LogP contribution in [-0.2, 0) is 23.8 Å². The minimum Gasteiger partial charge on any atom is -0.454 e. The molecule has 73 heavy (non-hydrogen) atoms. The molecule has 8 atom stereocenters. The largest absolute Gasteiger partial charge is 0.454 e. The second-order valence-corrected chi connectivity index (χ2v) is 20.3. The fourth-order valence-electron chi connectivity index (χ4n) is 8.87. The molecular weight excluding hydrogens is 919 g/mol. The van der Waals surface area contributed by atoms with Crippen LogP contribution in [0.3, 0.4) is 0 Å². The summed E-state index contributed by atoms with van der Waals surface area (Å²) in [5.74, 6) is -1.22. The maximum Gasteiger partial charge on any atom is 0.306 e. The molecule has 1 heterocycles. The van der Waals surface area contributed by atoms with Crippen LogP contribution in [0.4, 0.5) is 0 Å². The van der Waals surface area contributed by atoms with Gasteiger partial charge in [0.15, 0.2) is 12.4 Å². The van der Waals surface area contributed by atoms with E-state index in [-0.39, 0.29) is 19.4 Å². The van der Waals surface area contributed by atoms with Crippen LogP contribution in [0, 0.1) is 0 Å². The molecule has 6 N–H and O–H groups in total. The lowest BCUT2D eigenvalue weighted by Gasteiger charge is -2.41. The zero-order valence-corrected chi connectivity index (χ0v) is 46.5. The van der Waals surface area contributed by atoms with Crippen LogP contribution in [0.25, 0.3) is 0 Å². The van der Waals surface area contributed by atoms with Gasteiger partial charge in [0.1, 0.15) is 24.4 Å². The predicted octanol–water partition coefficient (Wildman–Crippen LogP) is 13.6. The molecule has 1 saturated heterocycles. The van der Waals surface area contributed by atoms with Gasteiger partial charge < -0.3 is 45.1 Å². The fraction of sp³-hybridized carbons (Fsp3) is 0.774. The zero-order valence-electron chi connectivity index (χ0n) is 46.5. The number of carbonyl (C=O) groups excluding carboxylic acids is 2. The number of esters is 1. The molecule has 422 valence electrons. The summed E-state index contributed by atoms with van der Waals surface area (Å²) in [5, 5.41) is 56.8. The number of carbonyl (C=O) groups is 2. The molecule has 1 aliphatic heterocycles. The summed E-state index contributed by atoms with van der Waals surface area (Å²) in [5.41, 5.74) is 0. The van der Waals surface area contributed by atoms with Crippen LogP contribution in [0.5, 0.6) is 0 Å². The third-order valence-electron chi connectivity index (χ3n) is 13.6. The van der Waals surface area contributed by atoms with Crippen molar-refractivity contribution < 1.29 is 49.3 Å². The highest BCUT2D eigenvalue weighted by molar-refractivity contribution is 5.80. The minimum absolute atomic E-state index is 0.114. The quantitative estimate of drug-likeness (QED) is 0.0195. The van der Waals surface area contributed by atoms with Gasteiger partial charge in [-0.15, -0.1) is 0 Å². The summed E-state index contributed by atoms with van der Waals surface area (Å²) in [4.78, 5) is 26.5. The van der Waals surface area contributed by atoms with E-state index in [9.17, 15) is 35.1 Å². The molecule has 1 rings (SSSR count). The van der Waals surface area contributed by atoms with Gasteiger partial charge in [-0.25, -0.2) is 0 Å². The second kappa shape index (κ2) is 49.9. The molecule has 0 aromatic carbocycles. The van der Waals surface area contributed by atoms with Crippen molar-refractivity contribution in [2.45, 2.75) is 294 Å². The second-order valence-electron chi connectivity index (χ2n) is 20.3. The Morgan fingerprint density at radius 1 is 0.548 bits per heavy atom. The van der Waals surface area contributed by atoms with Crippen LogP contribution < -0.4 is 5.32 Å². The summed E-state index contributed by atoms with van der Waals surface area (Å²) >= 11 is 0. The zero-order chi connectivity index (χ0) is 53.3. The molecule has 0 aromatic heterocycles. The van der Waals surface area contributed by atoms with Gasteiger partial charge in [-0.1, -0.05) is 222 Å². The third kappa shape index (κ3) is 38.3. The predicted molar refractivity (Wildman–Crippen MR) is 301 cm³/mol. The molecule has 1 fully saturated rings. The SMILES string of the molecule is CC/C=C/C/C=C/C/C=C/CCCCCC(O)C(=O)NC(COC1OC(CO)C(O)C(O)C1OC(=O)CCCCCCCCCCC/C=C\C/C=C\CCCCC)C(O)/C=C/CCCCCCCCCCCC. The number of hydrogen-bond donors (Lipinski definition) is 6. The van der Waals surface area contributed by atoms with Gasteiger partial charge in [0.2, 0.25) is 5.91 Å². The van der Waals surface area contributed by atoms with Crippen LogP contribution in [0.15, 0.2) is 72.9 Å². The number of aliphatic hydroxyl groups is 5. The first kappa shape index (κ1) is 68.1. The van der Waals surface area contributed by atoms with E-state index in [0.717, 1.165) is 96.3 Å². The molecule has 0 radical (unpaired) electrons. The molecule has 1 amide bonds. The number of allylic oxidation sites excluding steroid dienone is 11. The highest BCUT2D eigenvalue weighted by atomic mass is 16.7. The first-order valence-electron chi connectivity index (χ1n) is 29.7. The van der Waals surface area contributed by atoms with Crippen LogP contribution in [-0.4, -0.2) is 99.6 Å². The Morgan fingerprint density at radius 3 is 1.51 bits per heavy atom. The summed E-state index contributed by atoms with van der Waals surface area (Å²) in [6, 6.07) is -1.04. The van der Waals surface area contributed by atoms with Crippen molar-refractivity contribution >= 4 is 11.9 Å². The van der Waals surface area contributed by atoms with Crippen molar-refractivity contribution in [2.75, 3.05) is 13.2 Å². The molecule has 8 unspecified atom stereocenters. The Kier molecular flexibility index (Phi) is 46.6. The van der Waals surface area contributed by atoms with Crippen LogP contribution in [0.2, 0.25) is 0 Å². The van der Waals surface area contributed by atoms with Gasteiger partial charge in [0.25, 0.3) is 0 Å². The number of hydrogen-bond acceptors (Lipinski definition) is 10. The van der Waals surface area contributed by atoms with E-state index >= 15 is 0 Å². The lowest BCUT2D eigenvalue weighted by molar-refractivity contribution is -0.305. The van der Waals surface area contributed by atoms with Gasteiger partial charge >= 0.3 is 5.97 Å². The van der Waals surface area contributed by atoms with Crippen molar-refractivity contribution in [1.29, 1.82) is 0 Å². The first-order chi connectivity index (χ1) is 35.7. The Bertz CT molecular complexity index is 1460. The van der Waals surface area contributed by atoms with E-state index in [1.807, 2.05) is 6.08 Å². The highest BCUT2D eigenvalue weighted by Crippen LogP contribution is 2.26. The molecular formula is C62H109NO10. The van der Waals surface area contributed by atoms with E-state index in [4.69, 9.17) is 14.2 Å². The average molecular weight is 1030 g/mol. The van der Waals surface area contributed by atoms with E-state index < -0.39 is 67.4 Å². The molecule has 0 spiro atoms. The summed E-state index contributed by atoms with van der Waals surface area (Å²) in [6.45, 7) is 5.62. The minimum atomic E-state index is -1.62. The topological polar surface area (TPSA) is 175 Å². The number of amides is 1. The van der Waals surface area contributed by atoms with E-state index in [0.29, 0.717) is 12.8 Å². The number of ether oxygens (including phenoxy) is 3. The number of unbranched alkanes of at least 4 members (excludes halogenated alkanes) is 25. The molecule has 0 aromatic rings. The molecule has 0 saturated carbocycles. The monoisotopic (exact) mass is 1030 g/mol. The van der Waals surface area contributed by atoms with Gasteiger partial charge in [-0.2, -0.15) is 0 Å². The van der Waals surface area contributed by atoms with E-state index in [2.05, 4.69) is 86.8 Å². The van der Waals surface area contributed by atoms with E-state index in [1.54, 1.807) is 6.08 Å². The summed E-state index contributed by atoms with van der Waals surface area (Å²) < 4.78 is 17.6. The lowest BCUT2D eigenvalue weighted by Crippen LogP contribution is -2.61. The Balaban J connectivity index is 2.70. The maximum absolute atomic E-state index is 13.4. The van der Waals surface area contributed by atoms with Gasteiger partial charge in [0, 0.05) is 6.42 Å². The first-order valence-corrected chi connectivity index (χ1v) is 29.7. The van der Waals surface area contributed by atoms with Crippen molar-refractivity contribution in [3.63, 3.8) is 0 Å². The standard InChI is InChI=1S/C62H109NO10/c1-4-7-10-13-16-19-22-25-26-27-28-29-30-32-35-38-41-44-47-50-57(67)73-60-59(69)58(68)56(51-64)72-62(60)71-52-53(54(65)48-45-42-39-36-33-24-21-18-15-12-9-6-3)63-61(70)55(66)49-46-43-40-37-34-31-23-20-17-14-11-8-5-2/h8,11,16-17,19-20,25-26,31,34,45,48,53-56,58-60,62,64-66,68-69H,4-7,9-10,12-15,18,21-24,27-30,32-33,35-44,46-47,49-52H2,1-3H3,(H,63,70)/b11-8+,19-16-,20-17+,26-25-,34-31+,48-45+. The lowest BCUT2D eigenvalue weighted by atomic mass is 9.99. The van der Waals surface area contributed by atoms with Crippen LogP contribution >= 0.6 is 0 Å². The van der Waals surface area contributed by atoms with Crippen molar-refractivity contribution in [3.05, 3.63) is 72.9 Å². The normalized spacial score (nSPS) is 19.9. The fourth-order valence-corrected chi connectivity index (χ4v) is 8.87. The summed E-state index contributed by atoms with van der Waals surface area (Å²) in [7, 11) is 0.